The fraction of sp³-hybridized carbons (Fsp3) is 0.167. The number of nitrogens with two attached hydrogens (primary N) is 1. The van der Waals surface area contributed by atoms with Crippen molar-refractivity contribution in [2.45, 2.75) is 13.0 Å². The maximum atomic E-state index is 5.82. The monoisotopic (exact) mass is 253 g/mol. The van der Waals surface area contributed by atoms with E-state index in [0.29, 0.717) is 16.5 Å². The van der Waals surface area contributed by atoms with E-state index in [2.05, 4.69) is 0 Å². The second-order valence-electron chi connectivity index (χ2n) is 3.46. The molecule has 2 aromatic rings. The minimum absolute atomic E-state index is 0.00322. The number of ether oxygens (including phenoxy) is 1. The van der Waals surface area contributed by atoms with Gasteiger partial charge in [0, 0.05) is 9.90 Å². The zero-order chi connectivity index (χ0) is 11.5. The van der Waals surface area contributed by atoms with Gasteiger partial charge in [0.1, 0.15) is 11.9 Å². The van der Waals surface area contributed by atoms with Crippen molar-refractivity contribution in [2.75, 3.05) is 5.73 Å². The van der Waals surface area contributed by atoms with Gasteiger partial charge in [-0.05, 0) is 36.6 Å². The fourth-order valence-corrected chi connectivity index (χ4v) is 2.29. The van der Waals surface area contributed by atoms with Crippen LogP contribution < -0.4 is 10.5 Å². The Morgan fingerprint density at radius 1 is 1.38 bits per heavy atom. The molecule has 0 aliphatic heterocycles. The maximum absolute atomic E-state index is 5.82. The summed E-state index contributed by atoms with van der Waals surface area (Å²) in [5.74, 6) is 0.672. The van der Waals surface area contributed by atoms with Crippen molar-refractivity contribution in [3.63, 3.8) is 0 Å². The Balaban J connectivity index is 2.15. The van der Waals surface area contributed by atoms with Crippen molar-refractivity contribution in [3.8, 4) is 5.75 Å². The van der Waals surface area contributed by atoms with E-state index in [4.69, 9.17) is 22.1 Å². The zero-order valence-electron chi connectivity index (χ0n) is 8.81. The molecule has 0 amide bonds. The second kappa shape index (κ2) is 4.76. The van der Waals surface area contributed by atoms with E-state index in [1.807, 2.05) is 24.4 Å². The highest BCUT2D eigenvalue weighted by Crippen LogP contribution is 2.30. The van der Waals surface area contributed by atoms with E-state index >= 15 is 0 Å². The molecule has 1 aromatic carbocycles. The van der Waals surface area contributed by atoms with Crippen LogP contribution in [0.1, 0.15) is 17.9 Å². The summed E-state index contributed by atoms with van der Waals surface area (Å²) in [7, 11) is 0. The summed E-state index contributed by atoms with van der Waals surface area (Å²) in [4.78, 5) is 1.18. The minimum atomic E-state index is 0.00322. The molecule has 0 bridgehead atoms. The smallest absolute Gasteiger partial charge is 0.143 e. The quantitative estimate of drug-likeness (QED) is 0.835. The van der Waals surface area contributed by atoms with Gasteiger partial charge < -0.3 is 10.5 Å². The Morgan fingerprint density at radius 2 is 2.19 bits per heavy atom. The first-order valence-electron chi connectivity index (χ1n) is 4.92. The molecule has 1 unspecified atom stereocenters. The number of nitrogen functional groups attached to an aromatic ring is 1. The standard InChI is InChI=1S/C12H12ClNOS/c1-8(12-3-2-6-16-12)15-11-5-4-9(13)7-10(11)14/h2-8H,14H2,1H3. The van der Waals surface area contributed by atoms with Crippen LogP contribution in [0, 0.1) is 0 Å². The summed E-state index contributed by atoms with van der Waals surface area (Å²) >= 11 is 7.49. The average molecular weight is 254 g/mol. The van der Waals surface area contributed by atoms with Gasteiger partial charge in [0.25, 0.3) is 0 Å². The number of rotatable bonds is 3. The Hall–Kier alpha value is -1.19. The van der Waals surface area contributed by atoms with Gasteiger partial charge in [0.05, 0.1) is 5.69 Å². The molecule has 0 radical (unpaired) electrons. The number of hydrogen-bond acceptors (Lipinski definition) is 3. The lowest BCUT2D eigenvalue weighted by Crippen LogP contribution is -2.03. The number of thiophene rings is 1. The molecule has 0 saturated carbocycles. The molecule has 0 spiro atoms. The van der Waals surface area contributed by atoms with Gasteiger partial charge in [-0.2, -0.15) is 0 Å². The molecule has 0 aliphatic carbocycles. The molecular formula is C12H12ClNOS. The van der Waals surface area contributed by atoms with Crippen molar-refractivity contribution in [1.82, 2.24) is 0 Å². The van der Waals surface area contributed by atoms with Crippen LogP contribution in [-0.2, 0) is 0 Å². The molecule has 1 atom stereocenters. The van der Waals surface area contributed by atoms with Crippen LogP contribution in [0.3, 0.4) is 0 Å². The van der Waals surface area contributed by atoms with Gasteiger partial charge in [0.2, 0.25) is 0 Å². The van der Waals surface area contributed by atoms with Gasteiger partial charge in [-0.15, -0.1) is 11.3 Å². The molecule has 2 N–H and O–H groups in total. The van der Waals surface area contributed by atoms with Gasteiger partial charge in [-0.25, -0.2) is 0 Å². The number of benzene rings is 1. The van der Waals surface area contributed by atoms with Gasteiger partial charge >= 0.3 is 0 Å². The van der Waals surface area contributed by atoms with Gasteiger partial charge in [-0.1, -0.05) is 17.7 Å². The molecule has 0 aliphatic rings. The Kier molecular flexibility index (Phi) is 3.36. The lowest BCUT2D eigenvalue weighted by Gasteiger charge is -2.14. The second-order valence-corrected chi connectivity index (χ2v) is 4.87. The molecular weight excluding hydrogens is 242 g/mol. The normalized spacial score (nSPS) is 12.4. The molecule has 84 valence electrons. The van der Waals surface area contributed by atoms with E-state index in [0.717, 1.165) is 0 Å². The van der Waals surface area contributed by atoms with Crippen molar-refractivity contribution < 1.29 is 4.74 Å². The third kappa shape index (κ3) is 2.49. The SMILES string of the molecule is CC(Oc1ccc(Cl)cc1N)c1cccs1. The van der Waals surface area contributed by atoms with E-state index in [-0.39, 0.29) is 6.10 Å². The van der Waals surface area contributed by atoms with Crippen LogP contribution in [-0.4, -0.2) is 0 Å². The maximum Gasteiger partial charge on any atom is 0.143 e. The first-order chi connectivity index (χ1) is 7.66. The van der Waals surface area contributed by atoms with Crippen molar-refractivity contribution >= 4 is 28.6 Å². The lowest BCUT2D eigenvalue weighted by molar-refractivity contribution is 0.232. The summed E-state index contributed by atoms with van der Waals surface area (Å²) in [5, 5.41) is 2.65. The zero-order valence-corrected chi connectivity index (χ0v) is 10.4. The first kappa shape index (κ1) is 11.3. The molecule has 1 aromatic heterocycles. The fourth-order valence-electron chi connectivity index (χ4n) is 1.40. The predicted octanol–water partition coefficient (Wildman–Crippen LogP) is 4.12. The Bertz CT molecular complexity index is 470. The molecule has 16 heavy (non-hydrogen) atoms. The van der Waals surface area contributed by atoms with E-state index in [1.54, 1.807) is 29.5 Å². The van der Waals surface area contributed by atoms with Crippen LogP contribution in [0.5, 0.6) is 5.75 Å². The Labute approximate surface area is 104 Å². The third-order valence-corrected chi connectivity index (χ3v) is 3.49. The lowest BCUT2D eigenvalue weighted by atomic mass is 10.3. The van der Waals surface area contributed by atoms with Crippen molar-refractivity contribution in [3.05, 3.63) is 45.6 Å². The highest BCUT2D eigenvalue weighted by Gasteiger charge is 2.10. The molecule has 0 saturated heterocycles. The van der Waals surface area contributed by atoms with Crippen LogP contribution >= 0.6 is 22.9 Å². The van der Waals surface area contributed by atoms with Gasteiger partial charge in [0.15, 0.2) is 0 Å². The predicted molar refractivity (Wildman–Crippen MR) is 69.2 cm³/mol. The third-order valence-electron chi connectivity index (χ3n) is 2.22. The largest absolute Gasteiger partial charge is 0.483 e. The molecule has 0 fully saturated rings. The van der Waals surface area contributed by atoms with Crippen molar-refractivity contribution in [1.29, 1.82) is 0 Å². The van der Waals surface area contributed by atoms with E-state index in [9.17, 15) is 0 Å². The average Bonchev–Trinajstić information content (AvgIpc) is 2.75. The summed E-state index contributed by atoms with van der Waals surface area (Å²) < 4.78 is 5.77. The van der Waals surface area contributed by atoms with Crippen LogP contribution in [0.15, 0.2) is 35.7 Å². The highest BCUT2D eigenvalue weighted by molar-refractivity contribution is 7.10. The summed E-state index contributed by atoms with van der Waals surface area (Å²) in [6.07, 6.45) is 0.00322. The summed E-state index contributed by atoms with van der Waals surface area (Å²) in [6, 6.07) is 9.31. The summed E-state index contributed by atoms with van der Waals surface area (Å²) in [6.45, 7) is 2.00. The van der Waals surface area contributed by atoms with E-state index < -0.39 is 0 Å². The highest BCUT2D eigenvalue weighted by atomic mass is 35.5. The number of anilines is 1. The topological polar surface area (TPSA) is 35.2 Å². The van der Waals surface area contributed by atoms with E-state index in [1.165, 1.54) is 4.88 Å². The first-order valence-corrected chi connectivity index (χ1v) is 6.17. The van der Waals surface area contributed by atoms with Crippen LogP contribution in [0.4, 0.5) is 5.69 Å². The van der Waals surface area contributed by atoms with Crippen molar-refractivity contribution in [2.24, 2.45) is 0 Å². The number of hydrogen-bond donors (Lipinski definition) is 1. The minimum Gasteiger partial charge on any atom is -0.483 e. The van der Waals surface area contributed by atoms with Crippen LogP contribution in [0.2, 0.25) is 5.02 Å². The van der Waals surface area contributed by atoms with Crippen LogP contribution in [0.25, 0.3) is 0 Å². The molecule has 1 heterocycles. The Morgan fingerprint density at radius 3 is 2.81 bits per heavy atom. The molecule has 4 heteroatoms. The van der Waals surface area contributed by atoms with Gasteiger partial charge in [-0.3, -0.25) is 0 Å². The molecule has 2 rings (SSSR count). The summed E-state index contributed by atoms with van der Waals surface area (Å²) in [5.41, 5.74) is 6.38. The molecule has 2 nitrogen and oxygen atoms in total. The number of halogens is 1.